The number of pyridine rings is 1. The number of alkyl carbamates (subject to hydrolysis) is 1. The summed E-state index contributed by atoms with van der Waals surface area (Å²) in [4.78, 5) is 16.1. The SMILES string of the molecule is CCNC(=NCc1nnc2ccccn12)NCCCNC(=O)OC(C)(C)C. The van der Waals surface area contributed by atoms with Crippen molar-refractivity contribution in [3.8, 4) is 0 Å². The zero-order valence-electron chi connectivity index (χ0n) is 16.5. The lowest BCUT2D eigenvalue weighted by molar-refractivity contribution is 0.0527. The molecule has 0 aliphatic carbocycles. The summed E-state index contributed by atoms with van der Waals surface area (Å²) in [5, 5.41) is 17.5. The molecule has 2 rings (SSSR count). The third kappa shape index (κ3) is 7.12. The van der Waals surface area contributed by atoms with Crippen molar-refractivity contribution in [1.29, 1.82) is 0 Å². The molecule has 0 bridgehead atoms. The number of rotatable bonds is 7. The number of hydrogen-bond acceptors (Lipinski definition) is 5. The molecule has 148 valence electrons. The van der Waals surface area contributed by atoms with E-state index in [1.807, 2.05) is 56.5 Å². The van der Waals surface area contributed by atoms with Crippen LogP contribution in [-0.4, -0.2) is 51.9 Å². The van der Waals surface area contributed by atoms with Gasteiger partial charge in [0.2, 0.25) is 0 Å². The fourth-order valence-electron chi connectivity index (χ4n) is 2.29. The average Bonchev–Trinajstić information content (AvgIpc) is 3.01. The summed E-state index contributed by atoms with van der Waals surface area (Å²) in [7, 11) is 0. The van der Waals surface area contributed by atoms with E-state index in [2.05, 4.69) is 31.1 Å². The van der Waals surface area contributed by atoms with Crippen LogP contribution < -0.4 is 16.0 Å². The van der Waals surface area contributed by atoms with Gasteiger partial charge in [-0.1, -0.05) is 6.07 Å². The molecular weight excluding hydrogens is 346 g/mol. The van der Waals surface area contributed by atoms with E-state index in [0.717, 1.165) is 24.4 Å². The van der Waals surface area contributed by atoms with Crippen LogP contribution in [0.5, 0.6) is 0 Å². The molecule has 0 unspecified atom stereocenters. The van der Waals surface area contributed by atoms with Gasteiger partial charge >= 0.3 is 6.09 Å². The Bertz CT molecular complexity index is 764. The molecule has 0 atom stereocenters. The zero-order valence-corrected chi connectivity index (χ0v) is 16.5. The third-order valence-corrected chi connectivity index (χ3v) is 3.42. The molecule has 9 nitrogen and oxygen atoms in total. The van der Waals surface area contributed by atoms with Crippen LogP contribution in [-0.2, 0) is 11.3 Å². The lowest BCUT2D eigenvalue weighted by atomic mass is 10.2. The third-order valence-electron chi connectivity index (χ3n) is 3.42. The van der Waals surface area contributed by atoms with Crippen LogP contribution in [0.4, 0.5) is 4.79 Å². The Morgan fingerprint density at radius 1 is 1.19 bits per heavy atom. The van der Waals surface area contributed by atoms with E-state index in [1.54, 1.807) is 0 Å². The summed E-state index contributed by atoms with van der Waals surface area (Å²) < 4.78 is 7.11. The van der Waals surface area contributed by atoms with Gasteiger partial charge in [0.25, 0.3) is 0 Å². The quantitative estimate of drug-likeness (QED) is 0.386. The summed E-state index contributed by atoms with van der Waals surface area (Å²) >= 11 is 0. The van der Waals surface area contributed by atoms with E-state index in [1.165, 1.54) is 0 Å². The fourth-order valence-corrected chi connectivity index (χ4v) is 2.29. The van der Waals surface area contributed by atoms with Crippen LogP contribution in [0.25, 0.3) is 5.65 Å². The standard InChI is InChI=1S/C18H29N7O2/c1-5-19-16(20-10-8-11-21-17(26)27-18(2,3)4)22-13-15-24-23-14-9-6-7-12-25(14)15/h6-7,9,12H,5,8,10-11,13H2,1-4H3,(H,21,26)(H2,19,20,22). The molecule has 9 heteroatoms. The van der Waals surface area contributed by atoms with E-state index in [0.29, 0.717) is 25.6 Å². The molecule has 0 spiro atoms. The predicted molar refractivity (Wildman–Crippen MR) is 105 cm³/mol. The molecule has 2 aromatic heterocycles. The lowest BCUT2D eigenvalue weighted by Gasteiger charge is -2.19. The van der Waals surface area contributed by atoms with Gasteiger partial charge in [0.1, 0.15) is 12.1 Å². The van der Waals surface area contributed by atoms with Crippen molar-refractivity contribution in [2.24, 2.45) is 4.99 Å². The van der Waals surface area contributed by atoms with Crippen LogP contribution in [0, 0.1) is 0 Å². The Morgan fingerprint density at radius 3 is 2.70 bits per heavy atom. The molecule has 0 aliphatic rings. The monoisotopic (exact) mass is 375 g/mol. The van der Waals surface area contributed by atoms with Crippen molar-refractivity contribution < 1.29 is 9.53 Å². The molecule has 0 aromatic carbocycles. The van der Waals surface area contributed by atoms with Gasteiger partial charge in [0.15, 0.2) is 17.4 Å². The molecule has 3 N–H and O–H groups in total. The van der Waals surface area contributed by atoms with Crippen molar-refractivity contribution in [3.63, 3.8) is 0 Å². The molecule has 1 amide bonds. The van der Waals surface area contributed by atoms with Crippen molar-refractivity contribution in [2.45, 2.75) is 46.3 Å². The maximum atomic E-state index is 11.6. The summed E-state index contributed by atoms with van der Waals surface area (Å²) in [5.74, 6) is 1.47. The summed E-state index contributed by atoms with van der Waals surface area (Å²) in [6.45, 7) is 9.88. The second-order valence-electron chi connectivity index (χ2n) is 6.95. The van der Waals surface area contributed by atoms with Gasteiger partial charge in [-0.15, -0.1) is 10.2 Å². The smallest absolute Gasteiger partial charge is 0.407 e. The highest BCUT2D eigenvalue weighted by atomic mass is 16.6. The molecular formula is C18H29N7O2. The summed E-state index contributed by atoms with van der Waals surface area (Å²) in [6.07, 6.45) is 2.27. The number of guanidine groups is 1. The van der Waals surface area contributed by atoms with Crippen molar-refractivity contribution in [3.05, 3.63) is 30.2 Å². The molecule has 27 heavy (non-hydrogen) atoms. The number of nitrogens with zero attached hydrogens (tertiary/aromatic N) is 4. The largest absolute Gasteiger partial charge is 0.444 e. The fraction of sp³-hybridized carbons (Fsp3) is 0.556. The topological polar surface area (TPSA) is 105 Å². The number of nitrogens with one attached hydrogen (secondary N) is 3. The Labute approximate surface area is 159 Å². The van der Waals surface area contributed by atoms with Crippen LogP contribution in [0.1, 0.15) is 39.9 Å². The molecule has 0 radical (unpaired) electrons. The lowest BCUT2D eigenvalue weighted by Crippen LogP contribution is -2.39. The molecule has 2 aromatic rings. The first-order valence-corrected chi connectivity index (χ1v) is 9.16. The molecule has 0 saturated heterocycles. The van der Waals surface area contributed by atoms with Gasteiger partial charge in [-0.3, -0.25) is 4.40 Å². The highest BCUT2D eigenvalue weighted by Gasteiger charge is 2.15. The maximum absolute atomic E-state index is 11.6. The number of amides is 1. The Morgan fingerprint density at radius 2 is 1.96 bits per heavy atom. The van der Waals surface area contributed by atoms with E-state index in [-0.39, 0.29) is 0 Å². The molecule has 0 aliphatic heterocycles. The number of aliphatic imine (C=N–C) groups is 1. The van der Waals surface area contributed by atoms with Crippen molar-refractivity contribution in [1.82, 2.24) is 30.5 Å². The van der Waals surface area contributed by atoms with Crippen LogP contribution in [0.2, 0.25) is 0 Å². The normalized spacial score (nSPS) is 12.1. The van der Waals surface area contributed by atoms with Crippen molar-refractivity contribution >= 4 is 17.7 Å². The van der Waals surface area contributed by atoms with Crippen LogP contribution in [0.15, 0.2) is 29.4 Å². The molecule has 2 heterocycles. The van der Waals surface area contributed by atoms with Crippen molar-refractivity contribution in [2.75, 3.05) is 19.6 Å². The second kappa shape index (κ2) is 9.75. The van der Waals surface area contributed by atoms with Gasteiger partial charge in [-0.2, -0.15) is 0 Å². The van der Waals surface area contributed by atoms with E-state index >= 15 is 0 Å². The van der Waals surface area contributed by atoms with Crippen LogP contribution >= 0.6 is 0 Å². The first-order chi connectivity index (χ1) is 12.9. The summed E-state index contributed by atoms with van der Waals surface area (Å²) in [6, 6.07) is 5.76. The minimum Gasteiger partial charge on any atom is -0.444 e. The zero-order chi connectivity index (χ0) is 19.7. The Balaban J connectivity index is 1.78. The average molecular weight is 375 g/mol. The first kappa shape index (κ1) is 20.5. The number of ether oxygens (including phenoxy) is 1. The summed E-state index contributed by atoms with van der Waals surface area (Å²) in [5.41, 5.74) is 0.313. The minimum absolute atomic E-state index is 0.401. The number of aromatic nitrogens is 3. The number of fused-ring (bicyclic) bond motifs is 1. The highest BCUT2D eigenvalue weighted by molar-refractivity contribution is 5.79. The Hall–Kier alpha value is -2.84. The van der Waals surface area contributed by atoms with Gasteiger partial charge < -0.3 is 20.7 Å². The van der Waals surface area contributed by atoms with E-state index in [9.17, 15) is 4.79 Å². The number of carbonyl (C=O) groups is 1. The van der Waals surface area contributed by atoms with E-state index in [4.69, 9.17) is 4.74 Å². The van der Waals surface area contributed by atoms with Crippen LogP contribution in [0.3, 0.4) is 0 Å². The van der Waals surface area contributed by atoms with Gasteiger partial charge in [-0.25, -0.2) is 9.79 Å². The minimum atomic E-state index is -0.487. The molecule has 0 fully saturated rings. The van der Waals surface area contributed by atoms with Gasteiger partial charge in [0.05, 0.1) is 0 Å². The number of hydrogen-bond donors (Lipinski definition) is 3. The number of carbonyl (C=O) groups excluding carboxylic acids is 1. The highest BCUT2D eigenvalue weighted by Crippen LogP contribution is 2.06. The second-order valence-corrected chi connectivity index (χ2v) is 6.95. The van der Waals surface area contributed by atoms with Gasteiger partial charge in [-0.05, 0) is 46.2 Å². The van der Waals surface area contributed by atoms with Gasteiger partial charge in [0, 0.05) is 25.8 Å². The van der Waals surface area contributed by atoms with E-state index < -0.39 is 11.7 Å². The Kier molecular flexibility index (Phi) is 7.39. The first-order valence-electron chi connectivity index (χ1n) is 9.16. The predicted octanol–water partition coefficient (Wildman–Crippen LogP) is 1.70. The maximum Gasteiger partial charge on any atom is 0.407 e. The molecule has 0 saturated carbocycles.